The molecule has 0 aromatic heterocycles. The Morgan fingerprint density at radius 2 is 1.44 bits per heavy atom. The second-order valence-corrected chi connectivity index (χ2v) is 6.46. The van der Waals surface area contributed by atoms with E-state index in [0.717, 1.165) is 24.4 Å². The average Bonchev–Trinajstić information content (AvgIpc) is 2.45. The molecule has 0 radical (unpaired) electrons. The van der Waals surface area contributed by atoms with Gasteiger partial charge in [0.15, 0.2) is 0 Å². The molecule has 2 nitrogen and oxygen atoms in total. The SMILES string of the molecule is NCCCCNC1CCC(C2CCCCC2)CC1. The van der Waals surface area contributed by atoms with E-state index in [1.54, 1.807) is 0 Å². The Morgan fingerprint density at radius 1 is 0.778 bits per heavy atom. The Labute approximate surface area is 113 Å². The van der Waals surface area contributed by atoms with Crippen molar-refractivity contribution in [2.24, 2.45) is 17.6 Å². The summed E-state index contributed by atoms with van der Waals surface area (Å²) in [5.41, 5.74) is 5.52. The molecular formula is C16H32N2. The molecule has 2 aliphatic rings. The molecule has 0 aromatic rings. The first-order valence-corrected chi connectivity index (χ1v) is 8.33. The monoisotopic (exact) mass is 252 g/mol. The second-order valence-electron chi connectivity index (χ2n) is 6.46. The topological polar surface area (TPSA) is 38.0 Å². The van der Waals surface area contributed by atoms with Crippen LogP contribution in [0, 0.1) is 11.8 Å². The fourth-order valence-electron chi connectivity index (χ4n) is 3.98. The van der Waals surface area contributed by atoms with Crippen molar-refractivity contribution in [2.45, 2.75) is 76.7 Å². The van der Waals surface area contributed by atoms with Gasteiger partial charge in [0.2, 0.25) is 0 Å². The van der Waals surface area contributed by atoms with E-state index in [1.165, 1.54) is 77.2 Å². The maximum atomic E-state index is 5.52. The van der Waals surface area contributed by atoms with Gasteiger partial charge in [-0.15, -0.1) is 0 Å². The minimum atomic E-state index is 0.808. The number of nitrogens with two attached hydrogens (primary N) is 1. The van der Waals surface area contributed by atoms with Crippen LogP contribution in [0.25, 0.3) is 0 Å². The maximum Gasteiger partial charge on any atom is 0.00672 e. The highest BCUT2D eigenvalue weighted by atomic mass is 14.9. The highest BCUT2D eigenvalue weighted by Gasteiger charge is 2.28. The summed E-state index contributed by atoms with van der Waals surface area (Å²) in [4.78, 5) is 0. The van der Waals surface area contributed by atoms with Crippen molar-refractivity contribution in [3.05, 3.63) is 0 Å². The minimum Gasteiger partial charge on any atom is -0.330 e. The molecule has 3 N–H and O–H groups in total. The largest absolute Gasteiger partial charge is 0.330 e. The van der Waals surface area contributed by atoms with E-state index < -0.39 is 0 Å². The molecular weight excluding hydrogens is 220 g/mol. The molecule has 0 spiro atoms. The van der Waals surface area contributed by atoms with E-state index in [4.69, 9.17) is 5.73 Å². The third-order valence-electron chi connectivity index (χ3n) is 5.15. The van der Waals surface area contributed by atoms with E-state index in [0.29, 0.717) is 0 Å². The minimum absolute atomic E-state index is 0.808. The lowest BCUT2D eigenvalue weighted by molar-refractivity contribution is 0.177. The summed E-state index contributed by atoms with van der Waals surface area (Å²) < 4.78 is 0. The zero-order valence-corrected chi connectivity index (χ0v) is 12.0. The molecule has 0 bridgehead atoms. The Kier molecular flexibility index (Phi) is 6.50. The predicted molar refractivity (Wildman–Crippen MR) is 78.6 cm³/mol. The molecule has 0 atom stereocenters. The summed E-state index contributed by atoms with van der Waals surface area (Å²) in [6.07, 6.45) is 15.8. The van der Waals surface area contributed by atoms with Gasteiger partial charge < -0.3 is 11.1 Å². The molecule has 0 amide bonds. The standard InChI is InChI=1S/C16H32N2/c17-12-4-5-13-18-16-10-8-15(9-11-16)14-6-2-1-3-7-14/h14-16,18H,1-13,17H2. The summed E-state index contributed by atoms with van der Waals surface area (Å²) in [6, 6.07) is 0.808. The maximum absolute atomic E-state index is 5.52. The molecule has 0 aromatic carbocycles. The van der Waals surface area contributed by atoms with Gasteiger partial charge >= 0.3 is 0 Å². The van der Waals surface area contributed by atoms with Crippen LogP contribution in [0.4, 0.5) is 0 Å². The summed E-state index contributed by atoms with van der Waals surface area (Å²) in [5.74, 6) is 2.14. The zero-order chi connectivity index (χ0) is 12.6. The lowest BCUT2D eigenvalue weighted by Crippen LogP contribution is -2.35. The van der Waals surface area contributed by atoms with Gasteiger partial charge in [0, 0.05) is 6.04 Å². The van der Waals surface area contributed by atoms with Gasteiger partial charge in [-0.2, -0.15) is 0 Å². The lowest BCUT2D eigenvalue weighted by atomic mass is 9.72. The van der Waals surface area contributed by atoms with Crippen LogP contribution in [0.2, 0.25) is 0 Å². The van der Waals surface area contributed by atoms with Gasteiger partial charge in [-0.1, -0.05) is 32.1 Å². The van der Waals surface area contributed by atoms with Gasteiger partial charge in [0.25, 0.3) is 0 Å². The van der Waals surface area contributed by atoms with Crippen LogP contribution in [0.15, 0.2) is 0 Å². The third-order valence-corrected chi connectivity index (χ3v) is 5.15. The average molecular weight is 252 g/mol. The van der Waals surface area contributed by atoms with Crippen LogP contribution < -0.4 is 11.1 Å². The fourth-order valence-corrected chi connectivity index (χ4v) is 3.98. The number of hydrogen-bond donors (Lipinski definition) is 2. The molecule has 18 heavy (non-hydrogen) atoms. The number of nitrogens with one attached hydrogen (secondary N) is 1. The summed E-state index contributed by atoms with van der Waals surface area (Å²) >= 11 is 0. The Balaban J connectivity index is 1.58. The Bertz CT molecular complexity index is 203. The quantitative estimate of drug-likeness (QED) is 0.711. The normalized spacial score (nSPS) is 30.5. The molecule has 0 heterocycles. The first kappa shape index (κ1) is 14.3. The van der Waals surface area contributed by atoms with Crippen molar-refractivity contribution in [1.29, 1.82) is 0 Å². The van der Waals surface area contributed by atoms with Crippen LogP contribution in [-0.2, 0) is 0 Å². The van der Waals surface area contributed by atoms with E-state index >= 15 is 0 Å². The molecule has 106 valence electrons. The lowest BCUT2D eigenvalue weighted by Gasteiger charge is -2.36. The van der Waals surface area contributed by atoms with E-state index in [9.17, 15) is 0 Å². The van der Waals surface area contributed by atoms with Crippen LogP contribution >= 0.6 is 0 Å². The molecule has 2 heteroatoms. The van der Waals surface area contributed by atoms with Crippen LogP contribution in [0.5, 0.6) is 0 Å². The smallest absolute Gasteiger partial charge is 0.00672 e. The first-order chi connectivity index (χ1) is 8.90. The van der Waals surface area contributed by atoms with Crippen molar-refractivity contribution in [1.82, 2.24) is 5.32 Å². The molecule has 2 rings (SSSR count). The molecule has 0 aliphatic heterocycles. The van der Waals surface area contributed by atoms with Crippen molar-refractivity contribution < 1.29 is 0 Å². The fraction of sp³-hybridized carbons (Fsp3) is 1.00. The number of rotatable bonds is 6. The Hall–Kier alpha value is -0.0800. The molecule has 0 saturated heterocycles. The second kappa shape index (κ2) is 8.16. The van der Waals surface area contributed by atoms with Crippen LogP contribution in [0.1, 0.15) is 70.6 Å². The van der Waals surface area contributed by atoms with Gasteiger partial charge in [-0.25, -0.2) is 0 Å². The third kappa shape index (κ3) is 4.55. The number of unbranched alkanes of at least 4 members (excludes halogenated alkanes) is 1. The van der Waals surface area contributed by atoms with Crippen LogP contribution in [-0.4, -0.2) is 19.1 Å². The van der Waals surface area contributed by atoms with Gasteiger partial charge in [0.1, 0.15) is 0 Å². The summed E-state index contributed by atoms with van der Waals surface area (Å²) in [7, 11) is 0. The van der Waals surface area contributed by atoms with Gasteiger partial charge in [-0.05, 0) is 63.5 Å². The van der Waals surface area contributed by atoms with Gasteiger partial charge in [0.05, 0.1) is 0 Å². The summed E-state index contributed by atoms with van der Waals surface area (Å²) in [5, 5.41) is 3.72. The molecule has 0 unspecified atom stereocenters. The summed E-state index contributed by atoms with van der Waals surface area (Å²) in [6.45, 7) is 2.02. The van der Waals surface area contributed by atoms with Gasteiger partial charge in [-0.3, -0.25) is 0 Å². The highest BCUT2D eigenvalue weighted by Crippen LogP contribution is 2.38. The predicted octanol–water partition coefficient (Wildman–Crippen LogP) is 3.45. The van der Waals surface area contributed by atoms with Crippen molar-refractivity contribution in [3.63, 3.8) is 0 Å². The van der Waals surface area contributed by atoms with Crippen molar-refractivity contribution >= 4 is 0 Å². The first-order valence-electron chi connectivity index (χ1n) is 8.33. The highest BCUT2D eigenvalue weighted by molar-refractivity contribution is 4.82. The molecule has 2 fully saturated rings. The number of hydrogen-bond acceptors (Lipinski definition) is 2. The van der Waals surface area contributed by atoms with Crippen LogP contribution in [0.3, 0.4) is 0 Å². The van der Waals surface area contributed by atoms with Crippen molar-refractivity contribution in [3.8, 4) is 0 Å². The van der Waals surface area contributed by atoms with Crippen molar-refractivity contribution in [2.75, 3.05) is 13.1 Å². The molecule has 2 aliphatic carbocycles. The Morgan fingerprint density at radius 3 is 2.11 bits per heavy atom. The van der Waals surface area contributed by atoms with E-state index in [1.807, 2.05) is 0 Å². The zero-order valence-electron chi connectivity index (χ0n) is 12.0. The van der Waals surface area contributed by atoms with E-state index in [2.05, 4.69) is 5.32 Å². The van der Waals surface area contributed by atoms with E-state index in [-0.39, 0.29) is 0 Å². The molecule has 2 saturated carbocycles.